The smallest absolute Gasteiger partial charge is 0.340 e. The second-order valence-corrected chi connectivity index (χ2v) is 10.2. The molecule has 1 saturated heterocycles. The summed E-state index contributed by atoms with van der Waals surface area (Å²) in [4.78, 5) is 30.8. The standard InChI is InChI=1S/C27H35N3O4/c1-3-5-7-20-18-10-9-17-15-13-16(11-12-30-26(28)29)27(23(17)22(18)25(32)33-20)19(14-15)24(31)34-21(27)8-6-4-2/h7-8,14-17,23H,3-6,9-13H2,1-2H3,(H4,28,29,30)/b20-7-,21-8?/t15-,16+,17+,23-,27+/m1/s1. The van der Waals surface area contributed by atoms with E-state index < -0.39 is 5.41 Å². The van der Waals surface area contributed by atoms with Gasteiger partial charge < -0.3 is 20.9 Å². The highest BCUT2D eigenvalue weighted by Crippen LogP contribution is 2.71. The van der Waals surface area contributed by atoms with E-state index in [1.807, 2.05) is 0 Å². The van der Waals surface area contributed by atoms with Crippen molar-refractivity contribution in [3.63, 3.8) is 0 Å². The second kappa shape index (κ2) is 8.75. The quantitative estimate of drug-likeness (QED) is 0.333. The van der Waals surface area contributed by atoms with E-state index in [0.717, 1.165) is 79.6 Å². The fourth-order valence-electron chi connectivity index (χ4n) is 7.22. The van der Waals surface area contributed by atoms with Gasteiger partial charge in [0, 0.05) is 29.2 Å². The van der Waals surface area contributed by atoms with Crippen molar-refractivity contribution < 1.29 is 19.1 Å². The van der Waals surface area contributed by atoms with Crippen LogP contribution in [-0.2, 0) is 19.1 Å². The molecule has 4 N–H and O–H groups in total. The van der Waals surface area contributed by atoms with Crippen molar-refractivity contribution in [3.05, 3.63) is 46.5 Å². The number of unbranched alkanes of at least 4 members (excludes halogenated alkanes) is 2. The zero-order valence-electron chi connectivity index (χ0n) is 20.1. The zero-order valence-corrected chi connectivity index (χ0v) is 20.1. The summed E-state index contributed by atoms with van der Waals surface area (Å²) in [6.07, 6.45) is 13.4. The Morgan fingerprint density at radius 1 is 1.15 bits per heavy atom. The molecule has 7 nitrogen and oxygen atoms in total. The first-order valence-electron chi connectivity index (χ1n) is 12.8. The minimum Gasteiger partial charge on any atom is -0.427 e. The van der Waals surface area contributed by atoms with Gasteiger partial charge in [0.1, 0.15) is 11.5 Å². The van der Waals surface area contributed by atoms with Crippen LogP contribution in [0.5, 0.6) is 0 Å². The molecule has 1 saturated carbocycles. The van der Waals surface area contributed by atoms with Gasteiger partial charge in [0.05, 0.1) is 5.41 Å². The fourth-order valence-corrected chi connectivity index (χ4v) is 7.22. The van der Waals surface area contributed by atoms with Crippen LogP contribution in [0.25, 0.3) is 0 Å². The van der Waals surface area contributed by atoms with Gasteiger partial charge in [-0.2, -0.15) is 0 Å². The summed E-state index contributed by atoms with van der Waals surface area (Å²) in [6.45, 7) is 4.71. The van der Waals surface area contributed by atoms with Gasteiger partial charge in [-0.25, -0.2) is 9.59 Å². The van der Waals surface area contributed by atoms with Crippen LogP contribution >= 0.6 is 0 Å². The average molecular weight is 466 g/mol. The van der Waals surface area contributed by atoms with Crippen molar-refractivity contribution in [2.24, 2.45) is 45.5 Å². The molecule has 0 radical (unpaired) electrons. The number of hydrogen-bond acceptors (Lipinski definition) is 5. The Morgan fingerprint density at radius 2 is 1.91 bits per heavy atom. The van der Waals surface area contributed by atoms with Crippen molar-refractivity contribution in [1.82, 2.24) is 0 Å². The molecular weight excluding hydrogens is 430 g/mol. The van der Waals surface area contributed by atoms with Crippen molar-refractivity contribution in [3.8, 4) is 0 Å². The number of rotatable bonds is 7. The lowest BCUT2D eigenvalue weighted by atomic mass is 9.43. The Morgan fingerprint density at radius 3 is 2.65 bits per heavy atom. The molecule has 0 amide bonds. The fraction of sp³-hybridized carbons (Fsp3) is 0.593. The minimum absolute atomic E-state index is 0.0698. The first kappa shape index (κ1) is 22.9. The summed E-state index contributed by atoms with van der Waals surface area (Å²) in [5, 5.41) is 0. The summed E-state index contributed by atoms with van der Waals surface area (Å²) < 4.78 is 11.8. The van der Waals surface area contributed by atoms with E-state index in [4.69, 9.17) is 20.9 Å². The highest BCUT2D eigenvalue weighted by Gasteiger charge is 2.69. The van der Waals surface area contributed by atoms with E-state index in [1.165, 1.54) is 0 Å². The van der Waals surface area contributed by atoms with E-state index in [2.05, 4.69) is 37.1 Å². The summed E-state index contributed by atoms with van der Waals surface area (Å²) in [6, 6.07) is 0. The third kappa shape index (κ3) is 3.27. The largest absolute Gasteiger partial charge is 0.427 e. The van der Waals surface area contributed by atoms with Crippen LogP contribution in [0.15, 0.2) is 51.5 Å². The van der Waals surface area contributed by atoms with E-state index in [0.29, 0.717) is 12.5 Å². The zero-order chi connectivity index (χ0) is 24.0. The van der Waals surface area contributed by atoms with E-state index in [9.17, 15) is 9.59 Å². The van der Waals surface area contributed by atoms with Crippen molar-refractivity contribution in [1.29, 1.82) is 0 Å². The van der Waals surface area contributed by atoms with Gasteiger partial charge >= 0.3 is 11.9 Å². The van der Waals surface area contributed by atoms with Crippen LogP contribution in [0.2, 0.25) is 0 Å². The predicted octanol–water partition coefficient (Wildman–Crippen LogP) is 4.02. The van der Waals surface area contributed by atoms with Gasteiger partial charge in [0.25, 0.3) is 0 Å². The van der Waals surface area contributed by atoms with Crippen LogP contribution in [-0.4, -0.2) is 24.4 Å². The van der Waals surface area contributed by atoms with E-state index >= 15 is 0 Å². The molecule has 6 rings (SSSR count). The molecule has 34 heavy (non-hydrogen) atoms. The number of aliphatic imine (C=N–C) groups is 1. The molecular formula is C27H35N3O4. The number of nitrogens with zero attached hydrogens (tertiary/aromatic N) is 1. The number of carbonyl (C=O) groups excluding carboxylic acids is 2. The molecule has 5 atom stereocenters. The molecule has 2 heterocycles. The Balaban J connectivity index is 1.68. The van der Waals surface area contributed by atoms with Crippen molar-refractivity contribution in [2.75, 3.05) is 6.54 Å². The number of guanidine groups is 1. The summed E-state index contributed by atoms with van der Waals surface area (Å²) in [7, 11) is 0. The predicted molar refractivity (Wildman–Crippen MR) is 129 cm³/mol. The normalized spacial score (nSPS) is 35.6. The summed E-state index contributed by atoms with van der Waals surface area (Å²) >= 11 is 0. The molecule has 6 aliphatic rings. The topological polar surface area (TPSA) is 117 Å². The lowest BCUT2D eigenvalue weighted by molar-refractivity contribution is -0.135. The molecule has 0 aromatic carbocycles. The van der Waals surface area contributed by atoms with Gasteiger partial charge in [-0.3, -0.25) is 4.99 Å². The van der Waals surface area contributed by atoms with Crippen molar-refractivity contribution >= 4 is 17.9 Å². The van der Waals surface area contributed by atoms with E-state index in [-0.39, 0.29) is 35.7 Å². The molecule has 0 unspecified atom stereocenters. The third-order valence-corrected chi connectivity index (χ3v) is 8.42. The minimum atomic E-state index is -0.648. The number of fused-ring (bicyclic) bond motifs is 1. The molecule has 7 heteroatoms. The SMILES string of the molecule is CCCC=C1OC(=O)C2=C[C@H]3C[C@H](CCN=C(N)N)[C@@]12[C@H]1C2=C(CC[C@@H]31)/C(=C/CCC)OC2=O. The summed E-state index contributed by atoms with van der Waals surface area (Å²) in [5.41, 5.74) is 13.1. The number of esters is 2. The number of nitrogens with two attached hydrogens (primary N) is 2. The lowest BCUT2D eigenvalue weighted by Crippen LogP contribution is -2.55. The van der Waals surface area contributed by atoms with Gasteiger partial charge in [-0.05, 0) is 68.4 Å². The molecule has 2 aliphatic heterocycles. The maximum atomic E-state index is 13.4. The number of carbonyl (C=O) groups is 2. The monoisotopic (exact) mass is 465 g/mol. The maximum absolute atomic E-state index is 13.4. The molecule has 2 fully saturated rings. The number of hydrogen-bond donors (Lipinski definition) is 2. The molecule has 4 aliphatic carbocycles. The Labute approximate surface area is 201 Å². The van der Waals surface area contributed by atoms with Crippen LogP contribution in [0, 0.1) is 29.1 Å². The highest BCUT2D eigenvalue weighted by atomic mass is 16.5. The van der Waals surface area contributed by atoms with Gasteiger partial charge in [0.2, 0.25) is 0 Å². The van der Waals surface area contributed by atoms with Gasteiger partial charge in [0.15, 0.2) is 5.96 Å². The number of ether oxygens (including phenoxy) is 2. The van der Waals surface area contributed by atoms with Crippen LogP contribution in [0.4, 0.5) is 0 Å². The van der Waals surface area contributed by atoms with Crippen LogP contribution in [0.3, 0.4) is 0 Å². The lowest BCUT2D eigenvalue weighted by Gasteiger charge is -2.58. The first-order valence-corrected chi connectivity index (χ1v) is 12.8. The summed E-state index contributed by atoms with van der Waals surface area (Å²) in [5.74, 6) is 1.53. The Kier molecular flexibility index (Phi) is 5.90. The Hall–Kier alpha value is -2.83. The van der Waals surface area contributed by atoms with Crippen LogP contribution in [0.1, 0.15) is 65.2 Å². The highest BCUT2D eigenvalue weighted by molar-refractivity contribution is 6.00. The number of cyclic esters (lactones) is 2. The molecule has 182 valence electrons. The second-order valence-electron chi connectivity index (χ2n) is 10.2. The first-order chi connectivity index (χ1) is 16.4. The van der Waals surface area contributed by atoms with Gasteiger partial charge in [-0.1, -0.05) is 32.8 Å². The maximum Gasteiger partial charge on any atom is 0.340 e. The Bertz CT molecular complexity index is 1060. The van der Waals surface area contributed by atoms with Crippen LogP contribution < -0.4 is 11.5 Å². The molecule has 0 aromatic heterocycles. The number of allylic oxidation sites excluding steroid dienone is 5. The molecule has 0 aromatic rings. The molecule has 1 spiro atoms. The van der Waals surface area contributed by atoms with E-state index in [1.54, 1.807) is 0 Å². The third-order valence-electron chi connectivity index (χ3n) is 8.42. The molecule has 2 bridgehead atoms. The van der Waals surface area contributed by atoms with Gasteiger partial charge in [-0.15, -0.1) is 0 Å². The average Bonchev–Trinajstić information content (AvgIpc) is 3.30. The van der Waals surface area contributed by atoms with Crippen molar-refractivity contribution in [2.45, 2.75) is 65.2 Å².